The number of likely N-dealkylation sites (tertiary alicyclic amines) is 1. The fourth-order valence-electron chi connectivity index (χ4n) is 3.72. The Morgan fingerprint density at radius 3 is 2.59 bits per heavy atom. The number of nitrogens with zero attached hydrogens (tertiary/aromatic N) is 2. The van der Waals surface area contributed by atoms with Crippen LogP contribution in [0.4, 0.5) is 0 Å². The first-order valence-electron chi connectivity index (χ1n) is 10.7. The van der Waals surface area contributed by atoms with E-state index in [1.807, 2.05) is 45.0 Å². The van der Waals surface area contributed by atoms with Crippen molar-refractivity contribution in [1.82, 2.24) is 20.3 Å². The third kappa shape index (κ3) is 7.95. The van der Waals surface area contributed by atoms with Gasteiger partial charge < -0.3 is 10.6 Å². The largest absolute Gasteiger partial charge is 0.357 e. The lowest BCUT2D eigenvalue weighted by atomic mass is 10.1. The van der Waals surface area contributed by atoms with Gasteiger partial charge in [0.2, 0.25) is 10.0 Å². The normalized spacial score (nSPS) is 18.4. The molecule has 1 heterocycles. The molecular weight excluding hydrogens is 386 g/mol. The van der Waals surface area contributed by atoms with Crippen LogP contribution in [0.1, 0.15) is 51.7 Å². The molecule has 0 aliphatic carbocycles. The predicted molar refractivity (Wildman–Crippen MR) is 120 cm³/mol. The molecule has 0 spiro atoms. The third-order valence-electron chi connectivity index (χ3n) is 5.04. The van der Waals surface area contributed by atoms with Gasteiger partial charge in [0.05, 0.1) is 12.3 Å². The zero-order chi connectivity index (χ0) is 21.3. The SMILES string of the molecule is CCNC(=NCc1ccccc1CS(=O)(=O)NC(C)C)NCC1CCCN1CC. The van der Waals surface area contributed by atoms with Crippen molar-refractivity contribution in [2.24, 2.45) is 4.99 Å². The van der Waals surface area contributed by atoms with Crippen LogP contribution in [0.15, 0.2) is 29.3 Å². The highest BCUT2D eigenvalue weighted by molar-refractivity contribution is 7.88. The summed E-state index contributed by atoms with van der Waals surface area (Å²) in [4.78, 5) is 7.21. The average Bonchev–Trinajstić information content (AvgIpc) is 3.11. The van der Waals surface area contributed by atoms with Crippen LogP contribution in [-0.2, 0) is 22.3 Å². The van der Waals surface area contributed by atoms with Crippen molar-refractivity contribution in [3.63, 3.8) is 0 Å². The number of guanidine groups is 1. The Morgan fingerprint density at radius 2 is 1.93 bits per heavy atom. The molecule has 8 heteroatoms. The van der Waals surface area contributed by atoms with Gasteiger partial charge in [-0.15, -0.1) is 0 Å². The van der Waals surface area contributed by atoms with Gasteiger partial charge >= 0.3 is 0 Å². The molecule has 2 rings (SSSR count). The zero-order valence-corrected chi connectivity index (χ0v) is 19.1. The minimum Gasteiger partial charge on any atom is -0.357 e. The topological polar surface area (TPSA) is 85.8 Å². The first-order valence-corrected chi connectivity index (χ1v) is 12.3. The summed E-state index contributed by atoms with van der Waals surface area (Å²) in [6, 6.07) is 8.04. The molecule has 0 bridgehead atoms. The van der Waals surface area contributed by atoms with Crippen LogP contribution in [0.2, 0.25) is 0 Å². The summed E-state index contributed by atoms with van der Waals surface area (Å²) < 4.78 is 27.3. The maximum Gasteiger partial charge on any atom is 0.216 e. The van der Waals surface area contributed by atoms with Crippen LogP contribution in [0.25, 0.3) is 0 Å². The fraction of sp³-hybridized carbons (Fsp3) is 0.667. The number of benzene rings is 1. The Morgan fingerprint density at radius 1 is 1.21 bits per heavy atom. The molecule has 1 atom stereocenters. The monoisotopic (exact) mass is 423 g/mol. The van der Waals surface area contributed by atoms with E-state index in [1.54, 1.807) is 0 Å². The Balaban J connectivity index is 2.05. The second kappa shape index (κ2) is 11.5. The van der Waals surface area contributed by atoms with Crippen molar-refractivity contribution in [2.75, 3.05) is 26.2 Å². The second-order valence-corrected chi connectivity index (χ2v) is 9.55. The van der Waals surface area contributed by atoms with Gasteiger partial charge in [0.15, 0.2) is 5.96 Å². The number of aliphatic imine (C=N–C) groups is 1. The van der Waals surface area contributed by atoms with E-state index in [0.717, 1.165) is 36.7 Å². The average molecular weight is 424 g/mol. The van der Waals surface area contributed by atoms with E-state index in [-0.39, 0.29) is 11.8 Å². The summed E-state index contributed by atoms with van der Waals surface area (Å²) in [6.07, 6.45) is 2.46. The van der Waals surface area contributed by atoms with Gasteiger partial charge in [-0.05, 0) is 57.8 Å². The van der Waals surface area contributed by atoms with E-state index in [9.17, 15) is 8.42 Å². The minimum absolute atomic E-state index is 0.0334. The number of rotatable bonds is 10. The highest BCUT2D eigenvalue weighted by atomic mass is 32.2. The Hall–Kier alpha value is -1.64. The maximum absolute atomic E-state index is 12.3. The summed E-state index contributed by atoms with van der Waals surface area (Å²) in [5.74, 6) is 0.738. The number of sulfonamides is 1. The summed E-state index contributed by atoms with van der Waals surface area (Å²) >= 11 is 0. The number of nitrogens with one attached hydrogen (secondary N) is 3. The quantitative estimate of drug-likeness (QED) is 0.396. The van der Waals surface area contributed by atoms with Crippen molar-refractivity contribution < 1.29 is 8.42 Å². The molecule has 0 saturated carbocycles. The molecule has 1 saturated heterocycles. The van der Waals surface area contributed by atoms with Crippen LogP contribution in [0, 0.1) is 0 Å². The fourth-order valence-corrected chi connectivity index (χ4v) is 5.21. The molecule has 1 aliphatic rings. The second-order valence-electron chi connectivity index (χ2n) is 7.80. The van der Waals surface area contributed by atoms with E-state index in [1.165, 1.54) is 19.4 Å². The third-order valence-corrected chi connectivity index (χ3v) is 6.56. The lowest BCUT2D eigenvalue weighted by molar-refractivity contribution is 0.267. The molecule has 29 heavy (non-hydrogen) atoms. The molecule has 1 aliphatic heterocycles. The van der Waals surface area contributed by atoms with Gasteiger partial charge in [-0.1, -0.05) is 31.2 Å². The van der Waals surface area contributed by atoms with Crippen LogP contribution < -0.4 is 15.4 Å². The van der Waals surface area contributed by atoms with Gasteiger partial charge in [-0.2, -0.15) is 0 Å². The first kappa shape index (κ1) is 23.6. The predicted octanol–water partition coefficient (Wildman–Crippen LogP) is 2.05. The molecule has 3 N–H and O–H groups in total. The highest BCUT2D eigenvalue weighted by Gasteiger charge is 2.22. The lowest BCUT2D eigenvalue weighted by Gasteiger charge is -2.24. The Kier molecular flexibility index (Phi) is 9.39. The summed E-state index contributed by atoms with van der Waals surface area (Å²) in [6.45, 7) is 12.2. The van der Waals surface area contributed by atoms with Crippen LogP contribution in [-0.4, -0.2) is 57.5 Å². The van der Waals surface area contributed by atoms with Crippen molar-refractivity contribution >= 4 is 16.0 Å². The van der Waals surface area contributed by atoms with Crippen molar-refractivity contribution in [2.45, 2.75) is 64.9 Å². The van der Waals surface area contributed by atoms with Crippen molar-refractivity contribution in [1.29, 1.82) is 0 Å². The van der Waals surface area contributed by atoms with E-state index < -0.39 is 10.0 Å². The number of hydrogen-bond donors (Lipinski definition) is 3. The summed E-state index contributed by atoms with van der Waals surface area (Å²) in [5, 5.41) is 6.75. The molecule has 1 unspecified atom stereocenters. The molecular formula is C21H37N5O2S. The van der Waals surface area contributed by atoms with Crippen molar-refractivity contribution in [3.05, 3.63) is 35.4 Å². The van der Waals surface area contributed by atoms with E-state index in [0.29, 0.717) is 12.6 Å². The van der Waals surface area contributed by atoms with Gasteiger partial charge in [-0.3, -0.25) is 4.90 Å². The molecule has 0 amide bonds. The molecule has 1 fully saturated rings. The lowest BCUT2D eigenvalue weighted by Crippen LogP contribution is -2.44. The Bertz CT molecular complexity index is 764. The van der Waals surface area contributed by atoms with Gasteiger partial charge in [0.1, 0.15) is 0 Å². The molecule has 7 nitrogen and oxygen atoms in total. The van der Waals surface area contributed by atoms with Crippen molar-refractivity contribution in [3.8, 4) is 0 Å². The first-order chi connectivity index (χ1) is 13.8. The number of likely N-dealkylation sites (N-methyl/N-ethyl adjacent to an activating group) is 1. The zero-order valence-electron chi connectivity index (χ0n) is 18.2. The molecule has 164 valence electrons. The van der Waals surface area contributed by atoms with Crippen LogP contribution in [0.5, 0.6) is 0 Å². The smallest absolute Gasteiger partial charge is 0.216 e. The maximum atomic E-state index is 12.3. The Labute approximate surface area is 176 Å². The molecule has 0 radical (unpaired) electrons. The molecule has 1 aromatic carbocycles. The highest BCUT2D eigenvalue weighted by Crippen LogP contribution is 2.16. The molecule has 0 aromatic heterocycles. The summed E-state index contributed by atoms with van der Waals surface area (Å²) in [7, 11) is -3.37. The van der Waals surface area contributed by atoms with Crippen LogP contribution >= 0.6 is 0 Å². The van der Waals surface area contributed by atoms with Crippen LogP contribution in [0.3, 0.4) is 0 Å². The molecule has 1 aromatic rings. The van der Waals surface area contributed by atoms with E-state index >= 15 is 0 Å². The summed E-state index contributed by atoms with van der Waals surface area (Å²) in [5.41, 5.74) is 1.71. The van der Waals surface area contributed by atoms with Gasteiger partial charge in [-0.25, -0.2) is 18.1 Å². The van der Waals surface area contributed by atoms with Gasteiger partial charge in [0, 0.05) is 25.2 Å². The minimum atomic E-state index is -3.37. The van der Waals surface area contributed by atoms with Gasteiger partial charge in [0.25, 0.3) is 0 Å². The van der Waals surface area contributed by atoms with E-state index in [4.69, 9.17) is 4.99 Å². The van der Waals surface area contributed by atoms with E-state index in [2.05, 4.69) is 27.2 Å². The standard InChI is InChI=1S/C21H37N5O2S/c1-5-22-21(24-15-20-12-9-13-26(20)6-2)23-14-18-10-7-8-11-19(18)16-29(27,28)25-17(3)4/h7-8,10-11,17,20,25H,5-6,9,12-16H2,1-4H3,(H2,22,23,24). The number of hydrogen-bond acceptors (Lipinski definition) is 4.